The number of hydrogen-bond acceptors (Lipinski definition) is 4. The average molecular weight is 415 g/mol. The lowest BCUT2D eigenvalue weighted by Crippen LogP contribution is -2.18. The Morgan fingerprint density at radius 3 is 2.73 bits per heavy atom. The monoisotopic (exact) mass is 414 g/mol. The first-order chi connectivity index (χ1) is 12.6. The van der Waals surface area contributed by atoms with Crippen LogP contribution in [0.15, 0.2) is 36.9 Å². The van der Waals surface area contributed by atoms with E-state index in [0.717, 1.165) is 18.4 Å². The molecule has 1 aromatic heterocycles. The topological polar surface area (TPSA) is 36.3 Å². The van der Waals surface area contributed by atoms with E-state index in [1.54, 1.807) is 24.7 Å². The SMILES string of the molecule is CCCCCCCOC(=S)OC(Cn1ccnc1)c1ccc(Cl)cc1Cl. The van der Waals surface area contributed by atoms with Crippen LogP contribution in [0.5, 0.6) is 0 Å². The van der Waals surface area contributed by atoms with Crippen LogP contribution in [0.25, 0.3) is 0 Å². The van der Waals surface area contributed by atoms with Crippen LogP contribution in [-0.4, -0.2) is 21.4 Å². The third-order valence-electron chi connectivity index (χ3n) is 3.95. The summed E-state index contributed by atoms with van der Waals surface area (Å²) in [6.07, 6.45) is 10.7. The van der Waals surface area contributed by atoms with Gasteiger partial charge in [0.05, 0.1) is 19.5 Å². The van der Waals surface area contributed by atoms with Crippen molar-refractivity contribution >= 4 is 40.7 Å². The molecule has 0 saturated carbocycles. The number of rotatable bonds is 10. The second-order valence-corrected chi connectivity index (χ2v) is 7.22. The van der Waals surface area contributed by atoms with Gasteiger partial charge in [0.2, 0.25) is 0 Å². The molecule has 142 valence electrons. The minimum absolute atomic E-state index is 0.136. The van der Waals surface area contributed by atoms with Crippen molar-refractivity contribution in [3.05, 3.63) is 52.5 Å². The average Bonchev–Trinajstić information content (AvgIpc) is 3.10. The van der Waals surface area contributed by atoms with E-state index in [9.17, 15) is 0 Å². The van der Waals surface area contributed by atoms with Crippen molar-refractivity contribution < 1.29 is 9.47 Å². The lowest BCUT2D eigenvalue weighted by atomic mass is 10.1. The van der Waals surface area contributed by atoms with E-state index in [0.29, 0.717) is 23.2 Å². The smallest absolute Gasteiger partial charge is 0.352 e. The van der Waals surface area contributed by atoms with Gasteiger partial charge in [-0.3, -0.25) is 0 Å². The molecular weight excluding hydrogens is 391 g/mol. The summed E-state index contributed by atoms with van der Waals surface area (Å²) in [6.45, 7) is 3.28. The number of ether oxygens (including phenoxy) is 2. The minimum atomic E-state index is -0.387. The molecule has 0 amide bonds. The summed E-state index contributed by atoms with van der Waals surface area (Å²) in [7, 11) is 0. The van der Waals surface area contributed by atoms with E-state index in [-0.39, 0.29) is 11.3 Å². The Morgan fingerprint density at radius 1 is 1.23 bits per heavy atom. The lowest BCUT2D eigenvalue weighted by molar-refractivity contribution is 0.105. The number of imidazole rings is 1. The zero-order chi connectivity index (χ0) is 18.8. The first-order valence-corrected chi connectivity index (χ1v) is 10.0. The van der Waals surface area contributed by atoms with Crippen LogP contribution in [0.4, 0.5) is 0 Å². The Bertz CT molecular complexity index is 680. The Balaban J connectivity index is 1.94. The summed E-state index contributed by atoms with van der Waals surface area (Å²) in [5.74, 6) is 0. The van der Waals surface area contributed by atoms with Gasteiger partial charge in [0.25, 0.3) is 0 Å². The molecule has 0 aliphatic rings. The van der Waals surface area contributed by atoms with Gasteiger partial charge >= 0.3 is 5.24 Å². The highest BCUT2D eigenvalue weighted by Gasteiger charge is 2.19. The number of unbranched alkanes of at least 4 members (excludes halogenated alkanes) is 4. The van der Waals surface area contributed by atoms with E-state index < -0.39 is 0 Å². The second kappa shape index (κ2) is 11.4. The van der Waals surface area contributed by atoms with Crippen LogP contribution < -0.4 is 0 Å². The molecule has 7 heteroatoms. The summed E-state index contributed by atoms with van der Waals surface area (Å²) >= 11 is 17.6. The predicted octanol–water partition coefficient (Wildman–Crippen LogP) is 6.22. The van der Waals surface area contributed by atoms with Gasteiger partial charge in [0.1, 0.15) is 6.10 Å². The van der Waals surface area contributed by atoms with Crippen molar-refractivity contribution in [1.29, 1.82) is 0 Å². The standard InChI is InChI=1S/C19H24Cl2N2O2S/c1-2-3-4-5-6-11-24-19(26)25-18(13-23-10-9-22-14-23)16-8-7-15(20)12-17(16)21/h7-10,12,14,18H,2-6,11,13H2,1H3. The largest absolute Gasteiger partial charge is 0.457 e. The molecule has 2 rings (SSSR count). The summed E-state index contributed by atoms with van der Waals surface area (Å²) in [6, 6.07) is 5.32. The third kappa shape index (κ3) is 7.14. The number of aromatic nitrogens is 2. The third-order valence-corrected chi connectivity index (χ3v) is 4.73. The Kier molecular flexibility index (Phi) is 9.23. The van der Waals surface area contributed by atoms with Gasteiger partial charge in [-0.1, -0.05) is 61.9 Å². The molecular formula is C19H24Cl2N2O2S. The van der Waals surface area contributed by atoms with Gasteiger partial charge in [-0.25, -0.2) is 4.98 Å². The number of benzene rings is 1. The molecule has 1 atom stereocenters. The van der Waals surface area contributed by atoms with Crippen LogP contribution in [0.3, 0.4) is 0 Å². The van der Waals surface area contributed by atoms with Crippen LogP contribution in [0, 0.1) is 0 Å². The number of hydrogen-bond donors (Lipinski definition) is 0. The van der Waals surface area contributed by atoms with Crippen molar-refractivity contribution in [3.8, 4) is 0 Å². The zero-order valence-electron chi connectivity index (χ0n) is 14.9. The van der Waals surface area contributed by atoms with Crippen LogP contribution >= 0.6 is 35.4 Å². The molecule has 0 N–H and O–H groups in total. The zero-order valence-corrected chi connectivity index (χ0v) is 17.2. The second-order valence-electron chi connectivity index (χ2n) is 6.04. The first kappa shape index (κ1) is 21.0. The Labute approximate surface area is 170 Å². The van der Waals surface area contributed by atoms with E-state index >= 15 is 0 Å². The van der Waals surface area contributed by atoms with Gasteiger partial charge in [0, 0.05) is 40.2 Å². The quantitative estimate of drug-likeness (QED) is 0.341. The van der Waals surface area contributed by atoms with Crippen molar-refractivity contribution in [3.63, 3.8) is 0 Å². The maximum Gasteiger partial charge on any atom is 0.352 e. The molecule has 4 nitrogen and oxygen atoms in total. The van der Waals surface area contributed by atoms with Crippen molar-refractivity contribution in [2.75, 3.05) is 6.61 Å². The summed E-state index contributed by atoms with van der Waals surface area (Å²) in [5.41, 5.74) is 0.804. The maximum atomic E-state index is 6.35. The van der Waals surface area contributed by atoms with Crippen molar-refractivity contribution in [2.24, 2.45) is 0 Å². The fraction of sp³-hybridized carbons (Fsp3) is 0.474. The molecule has 0 fully saturated rings. The molecule has 1 aromatic carbocycles. The van der Waals surface area contributed by atoms with Crippen molar-refractivity contribution in [1.82, 2.24) is 9.55 Å². The molecule has 0 aliphatic carbocycles. The van der Waals surface area contributed by atoms with Gasteiger partial charge in [-0.2, -0.15) is 0 Å². The van der Waals surface area contributed by atoms with Gasteiger partial charge in [0.15, 0.2) is 0 Å². The maximum absolute atomic E-state index is 6.35. The summed E-state index contributed by atoms with van der Waals surface area (Å²) < 4.78 is 13.4. The van der Waals surface area contributed by atoms with E-state index in [2.05, 4.69) is 11.9 Å². The molecule has 0 spiro atoms. The Hall–Kier alpha value is -1.30. The molecule has 0 radical (unpaired) electrons. The van der Waals surface area contributed by atoms with Gasteiger partial charge in [-0.15, -0.1) is 0 Å². The van der Waals surface area contributed by atoms with Crippen LogP contribution in [0.2, 0.25) is 10.0 Å². The van der Waals surface area contributed by atoms with Crippen LogP contribution in [-0.2, 0) is 16.0 Å². The fourth-order valence-corrected chi connectivity index (χ4v) is 3.29. The highest BCUT2D eigenvalue weighted by atomic mass is 35.5. The number of halogens is 2. The van der Waals surface area contributed by atoms with E-state index in [1.807, 2.05) is 16.8 Å². The van der Waals surface area contributed by atoms with Gasteiger partial charge in [-0.05, 0) is 18.6 Å². The van der Waals surface area contributed by atoms with Gasteiger partial charge < -0.3 is 14.0 Å². The highest BCUT2D eigenvalue weighted by molar-refractivity contribution is 7.79. The normalized spacial score (nSPS) is 12.0. The number of thiocarbonyl (C=S) groups is 1. The van der Waals surface area contributed by atoms with E-state index in [4.69, 9.17) is 44.9 Å². The highest BCUT2D eigenvalue weighted by Crippen LogP contribution is 2.30. The summed E-state index contributed by atoms with van der Waals surface area (Å²) in [4.78, 5) is 4.06. The fourth-order valence-electron chi connectivity index (χ4n) is 2.56. The lowest BCUT2D eigenvalue weighted by Gasteiger charge is -2.21. The first-order valence-electron chi connectivity index (χ1n) is 8.84. The molecule has 1 heterocycles. The van der Waals surface area contributed by atoms with Crippen molar-refractivity contribution in [2.45, 2.75) is 51.7 Å². The molecule has 1 unspecified atom stereocenters. The predicted molar refractivity (Wildman–Crippen MR) is 110 cm³/mol. The Morgan fingerprint density at radius 2 is 2.04 bits per heavy atom. The molecule has 0 bridgehead atoms. The molecule has 26 heavy (non-hydrogen) atoms. The molecule has 0 aliphatic heterocycles. The molecule has 0 saturated heterocycles. The summed E-state index contributed by atoms with van der Waals surface area (Å²) in [5, 5.41) is 1.24. The molecule has 2 aromatic rings. The van der Waals surface area contributed by atoms with Crippen LogP contribution in [0.1, 0.15) is 50.7 Å². The number of nitrogens with zero attached hydrogens (tertiary/aromatic N) is 2. The minimum Gasteiger partial charge on any atom is -0.457 e. The van der Waals surface area contributed by atoms with E-state index in [1.165, 1.54) is 19.3 Å².